The first-order valence-corrected chi connectivity index (χ1v) is 7.08. The Morgan fingerprint density at radius 3 is 2.55 bits per heavy atom. The van der Waals surface area contributed by atoms with Crippen LogP contribution in [0.3, 0.4) is 0 Å². The molecule has 0 saturated carbocycles. The molecule has 2 heterocycles. The predicted molar refractivity (Wildman–Crippen MR) is 76.5 cm³/mol. The maximum absolute atomic E-state index is 12.3. The molecule has 1 aliphatic rings. The molecule has 0 radical (unpaired) electrons. The Bertz CT molecular complexity index is 476. The molecule has 6 nitrogen and oxygen atoms in total. The van der Waals surface area contributed by atoms with Crippen molar-refractivity contribution in [3.63, 3.8) is 0 Å². The van der Waals surface area contributed by atoms with Gasteiger partial charge in [0.2, 0.25) is 0 Å². The van der Waals surface area contributed by atoms with Gasteiger partial charge in [0.25, 0.3) is 0 Å². The molecule has 2 amide bonds. The number of ether oxygens (including phenoxy) is 1. The van der Waals surface area contributed by atoms with Gasteiger partial charge in [0.1, 0.15) is 0 Å². The largest absolute Gasteiger partial charge is 0.372 e. The summed E-state index contributed by atoms with van der Waals surface area (Å²) in [6, 6.07) is -0.0904. The van der Waals surface area contributed by atoms with E-state index in [2.05, 4.69) is 10.4 Å². The molecule has 112 valence electrons. The van der Waals surface area contributed by atoms with Crippen LogP contribution in [0.15, 0.2) is 6.20 Å². The second-order valence-electron chi connectivity index (χ2n) is 5.64. The number of aromatic nitrogens is 2. The van der Waals surface area contributed by atoms with Crippen molar-refractivity contribution in [1.29, 1.82) is 0 Å². The van der Waals surface area contributed by atoms with Crippen LogP contribution in [0.4, 0.5) is 4.79 Å². The number of aryl methyl sites for hydroxylation is 1. The second-order valence-corrected chi connectivity index (χ2v) is 5.64. The van der Waals surface area contributed by atoms with Gasteiger partial charge in [0.15, 0.2) is 0 Å². The van der Waals surface area contributed by atoms with Gasteiger partial charge in [-0.05, 0) is 27.7 Å². The van der Waals surface area contributed by atoms with Gasteiger partial charge in [-0.3, -0.25) is 4.68 Å². The van der Waals surface area contributed by atoms with E-state index >= 15 is 0 Å². The van der Waals surface area contributed by atoms with Crippen LogP contribution in [0, 0.1) is 6.92 Å². The van der Waals surface area contributed by atoms with E-state index in [-0.39, 0.29) is 24.3 Å². The molecule has 1 saturated heterocycles. The molecule has 0 aromatic carbocycles. The number of carbonyl (C=O) groups excluding carboxylic acids is 1. The summed E-state index contributed by atoms with van der Waals surface area (Å²) >= 11 is 0. The molecule has 1 aromatic rings. The first kappa shape index (κ1) is 14.8. The fourth-order valence-electron chi connectivity index (χ4n) is 2.64. The minimum absolute atomic E-state index is 0.0391. The summed E-state index contributed by atoms with van der Waals surface area (Å²) < 4.78 is 7.46. The highest BCUT2D eigenvalue weighted by Crippen LogP contribution is 2.17. The molecule has 3 atom stereocenters. The van der Waals surface area contributed by atoms with Crippen molar-refractivity contribution in [2.75, 3.05) is 13.1 Å². The molecule has 1 N–H and O–H groups in total. The van der Waals surface area contributed by atoms with Crippen LogP contribution in [0.2, 0.25) is 0 Å². The van der Waals surface area contributed by atoms with Crippen molar-refractivity contribution < 1.29 is 9.53 Å². The van der Waals surface area contributed by atoms with Crippen LogP contribution >= 0.6 is 0 Å². The molecule has 20 heavy (non-hydrogen) atoms. The van der Waals surface area contributed by atoms with E-state index in [1.54, 1.807) is 0 Å². The number of nitrogens with zero attached hydrogens (tertiary/aromatic N) is 3. The number of rotatable bonds is 2. The molecular formula is C14H24N4O2. The Balaban J connectivity index is 1.99. The topological polar surface area (TPSA) is 59.4 Å². The molecule has 0 spiro atoms. The maximum atomic E-state index is 12.3. The van der Waals surface area contributed by atoms with Crippen molar-refractivity contribution in [1.82, 2.24) is 20.0 Å². The summed E-state index contributed by atoms with van der Waals surface area (Å²) in [5.74, 6) is 0. The van der Waals surface area contributed by atoms with Crippen molar-refractivity contribution in [2.45, 2.75) is 45.9 Å². The number of carbonyl (C=O) groups is 1. The van der Waals surface area contributed by atoms with Crippen LogP contribution in [0.5, 0.6) is 0 Å². The van der Waals surface area contributed by atoms with Crippen molar-refractivity contribution in [3.8, 4) is 0 Å². The number of nitrogens with one attached hydrogen (secondary N) is 1. The highest BCUT2D eigenvalue weighted by atomic mass is 16.5. The van der Waals surface area contributed by atoms with Gasteiger partial charge in [-0.2, -0.15) is 5.10 Å². The lowest BCUT2D eigenvalue weighted by atomic mass is 10.1. The van der Waals surface area contributed by atoms with Crippen LogP contribution in [-0.2, 0) is 11.8 Å². The van der Waals surface area contributed by atoms with E-state index in [1.165, 1.54) is 0 Å². The summed E-state index contributed by atoms with van der Waals surface area (Å²) in [5.41, 5.74) is 2.12. The minimum Gasteiger partial charge on any atom is -0.372 e. The van der Waals surface area contributed by atoms with Crippen LogP contribution in [-0.4, -0.2) is 46.0 Å². The number of urea groups is 1. The highest BCUT2D eigenvalue weighted by Gasteiger charge is 2.27. The highest BCUT2D eigenvalue weighted by molar-refractivity contribution is 5.75. The molecule has 1 aliphatic heterocycles. The Labute approximate surface area is 120 Å². The number of hydrogen-bond acceptors (Lipinski definition) is 3. The number of hydrogen-bond donors (Lipinski definition) is 1. The van der Waals surface area contributed by atoms with Gasteiger partial charge in [0, 0.05) is 31.4 Å². The smallest absolute Gasteiger partial charge is 0.318 e. The molecule has 1 aromatic heterocycles. The van der Waals surface area contributed by atoms with E-state index in [1.807, 2.05) is 50.5 Å². The second kappa shape index (κ2) is 5.83. The first-order chi connectivity index (χ1) is 9.38. The van der Waals surface area contributed by atoms with Gasteiger partial charge < -0.3 is 15.0 Å². The zero-order valence-corrected chi connectivity index (χ0v) is 12.9. The molecular weight excluding hydrogens is 256 g/mol. The summed E-state index contributed by atoms with van der Waals surface area (Å²) in [7, 11) is 1.90. The van der Waals surface area contributed by atoms with Crippen molar-refractivity contribution in [3.05, 3.63) is 17.5 Å². The minimum atomic E-state index is -0.0512. The van der Waals surface area contributed by atoms with Gasteiger partial charge in [-0.25, -0.2) is 4.79 Å². The van der Waals surface area contributed by atoms with Crippen LogP contribution < -0.4 is 5.32 Å². The average Bonchev–Trinajstić information content (AvgIpc) is 2.68. The van der Waals surface area contributed by atoms with Crippen LogP contribution in [0.25, 0.3) is 0 Å². The summed E-state index contributed by atoms with van der Waals surface area (Å²) in [6.45, 7) is 9.23. The van der Waals surface area contributed by atoms with Crippen molar-refractivity contribution in [2.24, 2.45) is 7.05 Å². The molecule has 0 unspecified atom stereocenters. The van der Waals surface area contributed by atoms with Crippen molar-refractivity contribution >= 4 is 6.03 Å². The number of amides is 2. The number of morpholine rings is 1. The van der Waals surface area contributed by atoms with Gasteiger partial charge in [0.05, 0.1) is 24.4 Å². The third-order valence-corrected chi connectivity index (χ3v) is 3.79. The standard InChI is InChI=1S/C14H24N4O2/c1-9-7-18(8-10(2)20-9)14(19)16-11(3)13-6-15-17(5)12(13)4/h6,9-11H,7-8H2,1-5H3,(H,16,19)/t9-,10+,11-/m1/s1. The fourth-order valence-corrected chi connectivity index (χ4v) is 2.64. The normalized spacial score (nSPS) is 24.6. The SMILES string of the molecule is Cc1c([C@@H](C)NC(=O)N2C[C@@H](C)O[C@@H](C)C2)cnn1C. The third-order valence-electron chi connectivity index (χ3n) is 3.79. The predicted octanol–water partition coefficient (Wildman–Crippen LogP) is 1.61. The molecule has 0 aliphatic carbocycles. The van der Waals surface area contributed by atoms with Crippen LogP contribution in [0.1, 0.15) is 38.1 Å². The zero-order chi connectivity index (χ0) is 14.9. The van der Waals surface area contributed by atoms with E-state index in [9.17, 15) is 4.79 Å². The van der Waals surface area contributed by atoms with Gasteiger partial charge in [-0.1, -0.05) is 0 Å². The Kier molecular flexibility index (Phi) is 4.32. The molecule has 1 fully saturated rings. The average molecular weight is 280 g/mol. The monoisotopic (exact) mass is 280 g/mol. The van der Waals surface area contributed by atoms with Gasteiger partial charge in [-0.15, -0.1) is 0 Å². The quantitative estimate of drug-likeness (QED) is 0.895. The lowest BCUT2D eigenvalue weighted by Gasteiger charge is -2.35. The Morgan fingerprint density at radius 1 is 1.45 bits per heavy atom. The summed E-state index contributed by atoms with van der Waals surface area (Å²) in [5, 5.41) is 7.25. The lowest BCUT2D eigenvalue weighted by Crippen LogP contribution is -2.52. The van der Waals surface area contributed by atoms with E-state index < -0.39 is 0 Å². The maximum Gasteiger partial charge on any atom is 0.318 e. The van der Waals surface area contributed by atoms with E-state index in [0.717, 1.165) is 11.3 Å². The van der Waals surface area contributed by atoms with E-state index in [0.29, 0.717) is 13.1 Å². The van der Waals surface area contributed by atoms with E-state index in [4.69, 9.17) is 4.74 Å². The molecule has 0 bridgehead atoms. The molecule has 6 heteroatoms. The van der Waals surface area contributed by atoms with Gasteiger partial charge >= 0.3 is 6.03 Å². The first-order valence-electron chi connectivity index (χ1n) is 7.08. The summed E-state index contributed by atoms with van der Waals surface area (Å²) in [4.78, 5) is 14.1. The third kappa shape index (κ3) is 3.12. The summed E-state index contributed by atoms with van der Waals surface area (Å²) in [6.07, 6.45) is 1.98. The fraction of sp³-hybridized carbons (Fsp3) is 0.714. The molecule has 2 rings (SSSR count). The lowest BCUT2D eigenvalue weighted by molar-refractivity contribution is -0.0547. The Morgan fingerprint density at radius 2 is 2.05 bits per heavy atom. The Hall–Kier alpha value is -1.56. The zero-order valence-electron chi connectivity index (χ0n) is 12.9.